The third-order valence-electron chi connectivity index (χ3n) is 8.31. The summed E-state index contributed by atoms with van der Waals surface area (Å²) in [6.07, 6.45) is 4.84. The predicted octanol–water partition coefficient (Wildman–Crippen LogP) is 7.42. The van der Waals surface area contributed by atoms with Gasteiger partial charge in [-0.25, -0.2) is 12.8 Å². The Morgan fingerprint density at radius 2 is 1.49 bits per heavy atom. The molecule has 0 bridgehead atoms. The maximum absolute atomic E-state index is 15.1. The van der Waals surface area contributed by atoms with Crippen LogP contribution in [-0.2, 0) is 32.6 Å². The molecule has 0 unspecified atom stereocenters. The lowest BCUT2D eigenvalue weighted by molar-refractivity contribution is -0.140. The number of benzene rings is 4. The van der Waals surface area contributed by atoms with Crippen LogP contribution in [0, 0.1) is 5.82 Å². The third-order valence-corrected chi connectivity index (χ3v) is 10.6. The second kappa shape index (κ2) is 15.8. The predicted molar refractivity (Wildman–Crippen MR) is 183 cm³/mol. The first-order chi connectivity index (χ1) is 22.6. The zero-order valence-corrected chi connectivity index (χ0v) is 28.0. The molecule has 0 saturated heterocycles. The number of sulfonamides is 1. The van der Waals surface area contributed by atoms with Crippen molar-refractivity contribution in [3.05, 3.63) is 130 Å². The minimum absolute atomic E-state index is 0.0151. The summed E-state index contributed by atoms with van der Waals surface area (Å²) >= 11 is 12.7. The first-order valence-corrected chi connectivity index (χ1v) is 17.7. The Kier molecular flexibility index (Phi) is 11.6. The molecule has 4 aromatic carbocycles. The minimum Gasteiger partial charge on any atom is -0.352 e. The van der Waals surface area contributed by atoms with Crippen LogP contribution >= 0.6 is 23.2 Å². The van der Waals surface area contributed by atoms with Crippen LogP contribution in [0.3, 0.4) is 0 Å². The second-order valence-corrected chi connectivity index (χ2v) is 14.3. The van der Waals surface area contributed by atoms with E-state index < -0.39 is 34.3 Å². The van der Waals surface area contributed by atoms with Crippen molar-refractivity contribution in [1.82, 2.24) is 10.2 Å². The molecular formula is C36H36Cl2FN3O4S. The Labute approximate surface area is 285 Å². The van der Waals surface area contributed by atoms with Gasteiger partial charge in [0.15, 0.2) is 0 Å². The molecule has 2 amide bonds. The number of halogens is 3. The lowest BCUT2D eigenvalue weighted by Gasteiger charge is -2.35. The number of nitrogens with one attached hydrogen (secondary N) is 1. The number of hydrogen-bond donors (Lipinski definition) is 1. The first-order valence-electron chi connectivity index (χ1n) is 15.5. The molecule has 1 aliphatic carbocycles. The van der Waals surface area contributed by atoms with Crippen LogP contribution in [-0.4, -0.2) is 43.8 Å². The Balaban J connectivity index is 1.58. The highest BCUT2D eigenvalue weighted by Crippen LogP contribution is 2.33. The van der Waals surface area contributed by atoms with E-state index in [1.165, 1.54) is 41.3 Å². The molecular weight excluding hydrogens is 660 g/mol. The van der Waals surface area contributed by atoms with E-state index in [-0.39, 0.29) is 51.1 Å². The molecule has 5 rings (SSSR count). The second-order valence-electron chi connectivity index (χ2n) is 11.6. The SMILES string of the molecule is O=C(NC1CCCCC1)[C@@H](Cc1ccccc1)N(Cc1ccccc1F)C(=O)CN(c1ccc(Cl)cc1Cl)S(=O)(=O)c1ccccc1. The van der Waals surface area contributed by atoms with E-state index in [1.807, 2.05) is 30.3 Å². The van der Waals surface area contributed by atoms with Gasteiger partial charge in [-0.05, 0) is 54.8 Å². The van der Waals surface area contributed by atoms with Crippen molar-refractivity contribution in [1.29, 1.82) is 0 Å². The van der Waals surface area contributed by atoms with Crippen LogP contribution in [0.4, 0.5) is 10.1 Å². The summed E-state index contributed by atoms with van der Waals surface area (Å²) in [5.74, 6) is -1.64. The van der Waals surface area contributed by atoms with Crippen LogP contribution in [0.5, 0.6) is 0 Å². The summed E-state index contributed by atoms with van der Waals surface area (Å²) in [5, 5.41) is 3.44. The average Bonchev–Trinajstić information content (AvgIpc) is 3.07. The van der Waals surface area contributed by atoms with Crippen LogP contribution in [0.15, 0.2) is 108 Å². The van der Waals surface area contributed by atoms with Crippen LogP contribution in [0.2, 0.25) is 10.0 Å². The van der Waals surface area contributed by atoms with E-state index in [0.29, 0.717) is 0 Å². The molecule has 246 valence electrons. The highest BCUT2D eigenvalue weighted by atomic mass is 35.5. The Bertz CT molecular complexity index is 1790. The number of carbonyl (C=O) groups is 2. The van der Waals surface area contributed by atoms with Gasteiger partial charge in [-0.3, -0.25) is 13.9 Å². The summed E-state index contributed by atoms with van der Waals surface area (Å²) in [7, 11) is -4.34. The van der Waals surface area contributed by atoms with Crippen LogP contribution < -0.4 is 9.62 Å². The van der Waals surface area contributed by atoms with Gasteiger partial charge in [0.1, 0.15) is 18.4 Å². The molecule has 0 heterocycles. The summed E-state index contributed by atoms with van der Waals surface area (Å²) < 4.78 is 44.3. The monoisotopic (exact) mass is 695 g/mol. The number of anilines is 1. The fourth-order valence-corrected chi connectivity index (χ4v) is 7.84. The summed E-state index contributed by atoms with van der Waals surface area (Å²) in [6, 6.07) is 26.1. The number of carbonyl (C=O) groups excluding carboxylic acids is 2. The highest BCUT2D eigenvalue weighted by Gasteiger charge is 2.36. The maximum atomic E-state index is 15.1. The van der Waals surface area contributed by atoms with E-state index in [1.54, 1.807) is 36.4 Å². The van der Waals surface area contributed by atoms with Crippen molar-refractivity contribution in [2.75, 3.05) is 10.8 Å². The molecule has 1 aliphatic rings. The van der Waals surface area contributed by atoms with Crippen molar-refractivity contribution in [2.24, 2.45) is 0 Å². The van der Waals surface area contributed by atoms with Crippen molar-refractivity contribution in [3.8, 4) is 0 Å². The molecule has 0 aliphatic heterocycles. The van der Waals surface area contributed by atoms with E-state index in [4.69, 9.17) is 23.2 Å². The summed E-state index contributed by atoms with van der Waals surface area (Å²) in [4.78, 5) is 29.9. The minimum atomic E-state index is -4.34. The van der Waals surface area contributed by atoms with Gasteiger partial charge in [-0.15, -0.1) is 0 Å². The van der Waals surface area contributed by atoms with Crippen molar-refractivity contribution >= 4 is 50.7 Å². The van der Waals surface area contributed by atoms with Gasteiger partial charge in [-0.2, -0.15) is 0 Å². The number of amides is 2. The molecule has 4 aromatic rings. The molecule has 1 fully saturated rings. The van der Waals surface area contributed by atoms with Gasteiger partial charge >= 0.3 is 0 Å². The molecule has 11 heteroatoms. The quantitative estimate of drug-likeness (QED) is 0.167. The maximum Gasteiger partial charge on any atom is 0.264 e. The normalized spacial score (nSPS) is 14.3. The number of nitrogens with zero attached hydrogens (tertiary/aromatic N) is 2. The average molecular weight is 697 g/mol. The van der Waals surface area contributed by atoms with Crippen LogP contribution in [0.1, 0.15) is 43.2 Å². The van der Waals surface area contributed by atoms with E-state index in [2.05, 4.69) is 5.32 Å². The van der Waals surface area contributed by atoms with Gasteiger partial charge in [-0.1, -0.05) is 109 Å². The zero-order valence-electron chi connectivity index (χ0n) is 25.7. The fourth-order valence-electron chi connectivity index (χ4n) is 5.82. The van der Waals surface area contributed by atoms with Gasteiger partial charge in [0.25, 0.3) is 10.0 Å². The molecule has 1 N–H and O–H groups in total. The standard InChI is InChI=1S/C36H36Cl2FN3O4S/c37-28-20-21-33(31(38)23-28)42(47(45,46)30-17-8-3-9-18-30)25-35(43)41(24-27-14-10-11-19-32(27)39)34(22-26-12-4-1-5-13-26)36(44)40-29-15-6-2-7-16-29/h1,3-5,8-14,17-21,23,29,34H,2,6-7,15-16,22,24-25H2,(H,40,44)/t34-/m1/s1. The smallest absolute Gasteiger partial charge is 0.264 e. The Hall–Kier alpha value is -3.92. The van der Waals surface area contributed by atoms with E-state index >= 15 is 4.39 Å². The topological polar surface area (TPSA) is 86.8 Å². The zero-order chi connectivity index (χ0) is 33.4. The van der Waals surface area contributed by atoms with Gasteiger partial charge in [0.2, 0.25) is 11.8 Å². The fraction of sp³-hybridized carbons (Fsp3) is 0.278. The lowest BCUT2D eigenvalue weighted by Crippen LogP contribution is -2.55. The molecule has 47 heavy (non-hydrogen) atoms. The molecule has 0 spiro atoms. The lowest BCUT2D eigenvalue weighted by atomic mass is 9.94. The number of rotatable bonds is 12. The van der Waals surface area contributed by atoms with Crippen molar-refractivity contribution < 1.29 is 22.4 Å². The molecule has 1 saturated carbocycles. The molecule has 0 radical (unpaired) electrons. The molecule has 1 atom stereocenters. The number of hydrogen-bond acceptors (Lipinski definition) is 4. The Morgan fingerprint density at radius 1 is 0.851 bits per heavy atom. The van der Waals surface area contributed by atoms with E-state index in [9.17, 15) is 18.0 Å². The van der Waals surface area contributed by atoms with Crippen molar-refractivity contribution in [2.45, 2.75) is 62.0 Å². The third kappa shape index (κ3) is 8.71. The molecule has 0 aromatic heterocycles. The van der Waals surface area contributed by atoms with Gasteiger partial charge in [0, 0.05) is 29.6 Å². The first kappa shape index (κ1) is 34.4. The van der Waals surface area contributed by atoms with Gasteiger partial charge < -0.3 is 10.2 Å². The van der Waals surface area contributed by atoms with E-state index in [0.717, 1.165) is 42.0 Å². The van der Waals surface area contributed by atoms with Gasteiger partial charge in [0.05, 0.1) is 15.6 Å². The highest BCUT2D eigenvalue weighted by molar-refractivity contribution is 7.92. The summed E-state index contributed by atoms with van der Waals surface area (Å²) in [6.45, 7) is -0.982. The van der Waals surface area contributed by atoms with Crippen LogP contribution in [0.25, 0.3) is 0 Å². The Morgan fingerprint density at radius 3 is 2.15 bits per heavy atom. The summed E-state index contributed by atoms with van der Waals surface area (Å²) in [5.41, 5.74) is 1.01. The van der Waals surface area contributed by atoms with Crippen molar-refractivity contribution in [3.63, 3.8) is 0 Å². The molecule has 7 nitrogen and oxygen atoms in total. The largest absolute Gasteiger partial charge is 0.352 e.